The van der Waals surface area contributed by atoms with E-state index in [1.54, 1.807) is 0 Å². The average molecular weight is 226 g/mol. The van der Waals surface area contributed by atoms with E-state index in [4.69, 9.17) is 4.74 Å². The molecule has 1 heterocycles. The minimum atomic E-state index is 0.0521. The highest BCUT2D eigenvalue weighted by atomic mass is 32.2. The van der Waals surface area contributed by atoms with Gasteiger partial charge in [-0.3, -0.25) is 0 Å². The summed E-state index contributed by atoms with van der Waals surface area (Å²) in [5, 5.41) is 0. The Hall–Kier alpha value is 0.310. The number of thioether (sulfide) groups is 1. The standard InChI is InChI=1S/C13H22OS/c1-11(2)9-5-6-13(11)8-15-12(3,4)14-10(13)7-9/h9-10H,5-8H2,1-4H3. The van der Waals surface area contributed by atoms with Crippen molar-refractivity contribution in [2.24, 2.45) is 16.7 Å². The Morgan fingerprint density at radius 3 is 2.60 bits per heavy atom. The first-order chi connectivity index (χ1) is 6.87. The molecule has 0 aromatic rings. The van der Waals surface area contributed by atoms with Crippen molar-refractivity contribution in [3.8, 4) is 0 Å². The Morgan fingerprint density at radius 1 is 1.20 bits per heavy atom. The van der Waals surface area contributed by atoms with Gasteiger partial charge >= 0.3 is 0 Å². The second kappa shape index (κ2) is 2.76. The third-order valence-corrected chi connectivity index (χ3v) is 6.91. The van der Waals surface area contributed by atoms with Crippen molar-refractivity contribution >= 4 is 11.8 Å². The van der Waals surface area contributed by atoms with E-state index in [0.29, 0.717) is 16.9 Å². The number of ether oxygens (including phenoxy) is 1. The van der Waals surface area contributed by atoms with E-state index < -0.39 is 0 Å². The van der Waals surface area contributed by atoms with Gasteiger partial charge in [-0.25, -0.2) is 0 Å². The van der Waals surface area contributed by atoms with Crippen molar-refractivity contribution in [2.45, 2.75) is 58.0 Å². The second-order valence-corrected chi connectivity index (χ2v) is 8.20. The molecule has 2 heteroatoms. The Labute approximate surface area is 97.3 Å². The van der Waals surface area contributed by atoms with Crippen LogP contribution in [0.1, 0.15) is 47.0 Å². The maximum absolute atomic E-state index is 6.32. The van der Waals surface area contributed by atoms with Crippen LogP contribution >= 0.6 is 11.8 Å². The molecule has 2 aliphatic carbocycles. The lowest BCUT2D eigenvalue weighted by Crippen LogP contribution is -2.49. The third kappa shape index (κ3) is 1.16. The molecular formula is C13H22OS. The van der Waals surface area contributed by atoms with Crippen LogP contribution in [0.2, 0.25) is 0 Å². The van der Waals surface area contributed by atoms with Crippen molar-refractivity contribution < 1.29 is 4.74 Å². The highest BCUT2D eigenvalue weighted by Crippen LogP contribution is 2.70. The molecule has 86 valence electrons. The lowest BCUT2D eigenvalue weighted by molar-refractivity contribution is -0.0977. The monoisotopic (exact) mass is 226 g/mol. The predicted octanol–water partition coefficient (Wildman–Crippen LogP) is 3.68. The summed E-state index contributed by atoms with van der Waals surface area (Å²) in [6.07, 6.45) is 4.70. The van der Waals surface area contributed by atoms with Gasteiger partial charge in [0.15, 0.2) is 0 Å². The number of rotatable bonds is 0. The highest BCUT2D eigenvalue weighted by molar-refractivity contribution is 8.00. The molecule has 15 heavy (non-hydrogen) atoms. The fraction of sp³-hybridized carbons (Fsp3) is 1.00. The summed E-state index contributed by atoms with van der Waals surface area (Å²) >= 11 is 2.03. The zero-order chi connectivity index (χ0) is 10.9. The third-order valence-electron chi connectivity index (χ3n) is 5.46. The van der Waals surface area contributed by atoms with Crippen LogP contribution in [0.4, 0.5) is 0 Å². The molecule has 2 bridgehead atoms. The van der Waals surface area contributed by atoms with E-state index in [9.17, 15) is 0 Å². The molecule has 0 aromatic heterocycles. The van der Waals surface area contributed by atoms with Crippen LogP contribution in [0.3, 0.4) is 0 Å². The summed E-state index contributed by atoms with van der Waals surface area (Å²) in [5.74, 6) is 2.23. The van der Waals surface area contributed by atoms with E-state index in [-0.39, 0.29) is 4.93 Å². The molecule has 3 unspecified atom stereocenters. The molecular weight excluding hydrogens is 204 g/mol. The lowest BCUT2D eigenvalue weighted by atomic mass is 9.69. The van der Waals surface area contributed by atoms with Crippen molar-refractivity contribution in [1.29, 1.82) is 0 Å². The summed E-state index contributed by atoms with van der Waals surface area (Å²) in [7, 11) is 0. The van der Waals surface area contributed by atoms with Crippen molar-refractivity contribution in [3.05, 3.63) is 0 Å². The summed E-state index contributed by atoms with van der Waals surface area (Å²) in [5.41, 5.74) is 1.01. The first kappa shape index (κ1) is 10.5. The summed E-state index contributed by atoms with van der Waals surface area (Å²) in [4.78, 5) is 0.0521. The van der Waals surface area contributed by atoms with Gasteiger partial charge < -0.3 is 4.74 Å². The zero-order valence-corrected chi connectivity index (χ0v) is 11.1. The quantitative estimate of drug-likeness (QED) is 0.623. The topological polar surface area (TPSA) is 9.23 Å². The fourth-order valence-electron chi connectivity index (χ4n) is 4.18. The summed E-state index contributed by atoms with van der Waals surface area (Å²) in [6.45, 7) is 9.41. The maximum atomic E-state index is 6.32. The normalized spacial score (nSPS) is 50.4. The van der Waals surface area contributed by atoms with Crippen LogP contribution in [0.15, 0.2) is 0 Å². The molecule has 0 aromatic carbocycles. The molecule has 1 nitrogen and oxygen atoms in total. The van der Waals surface area contributed by atoms with Crippen molar-refractivity contribution in [1.82, 2.24) is 0 Å². The first-order valence-corrected chi connectivity index (χ1v) is 7.18. The number of hydrogen-bond acceptors (Lipinski definition) is 2. The first-order valence-electron chi connectivity index (χ1n) is 6.19. The molecule has 2 saturated carbocycles. The number of fused-ring (bicyclic) bond motifs is 1. The molecule has 3 atom stereocenters. The molecule has 1 aliphatic heterocycles. The van der Waals surface area contributed by atoms with Crippen LogP contribution < -0.4 is 0 Å². The van der Waals surface area contributed by atoms with Gasteiger partial charge in [0.2, 0.25) is 0 Å². The van der Waals surface area contributed by atoms with Crippen LogP contribution in [-0.4, -0.2) is 16.8 Å². The van der Waals surface area contributed by atoms with Gasteiger partial charge in [-0.1, -0.05) is 13.8 Å². The van der Waals surface area contributed by atoms with E-state index in [0.717, 1.165) is 5.92 Å². The molecule has 0 N–H and O–H groups in total. The molecule has 1 spiro atoms. The molecule has 3 rings (SSSR count). The van der Waals surface area contributed by atoms with Gasteiger partial charge in [0, 0.05) is 11.2 Å². The van der Waals surface area contributed by atoms with Crippen LogP contribution in [-0.2, 0) is 4.74 Å². The van der Waals surface area contributed by atoms with Gasteiger partial charge in [-0.05, 0) is 44.4 Å². The largest absolute Gasteiger partial charge is 0.361 e. The Kier molecular flexibility index (Phi) is 1.92. The molecule has 3 fully saturated rings. The van der Waals surface area contributed by atoms with E-state index in [1.807, 2.05) is 11.8 Å². The number of hydrogen-bond donors (Lipinski definition) is 0. The van der Waals surface area contributed by atoms with Gasteiger partial charge in [0.25, 0.3) is 0 Å². The van der Waals surface area contributed by atoms with Crippen molar-refractivity contribution in [2.75, 3.05) is 5.75 Å². The van der Waals surface area contributed by atoms with Crippen LogP contribution in [0.5, 0.6) is 0 Å². The second-order valence-electron chi connectivity index (χ2n) is 6.64. The SMILES string of the molecule is CC1(C)OC2CC3CCC2(CS1)C3(C)C. The average Bonchev–Trinajstić information content (AvgIpc) is 2.48. The van der Waals surface area contributed by atoms with E-state index in [1.165, 1.54) is 25.0 Å². The lowest BCUT2D eigenvalue weighted by Gasteiger charge is -2.50. The minimum Gasteiger partial charge on any atom is -0.361 e. The Balaban J connectivity index is 1.96. The van der Waals surface area contributed by atoms with Crippen LogP contribution in [0.25, 0.3) is 0 Å². The van der Waals surface area contributed by atoms with E-state index in [2.05, 4.69) is 27.7 Å². The molecule has 3 aliphatic rings. The molecule has 0 radical (unpaired) electrons. The molecule has 0 amide bonds. The van der Waals surface area contributed by atoms with Gasteiger partial charge in [0.05, 0.1) is 6.10 Å². The maximum Gasteiger partial charge on any atom is 0.108 e. The molecule has 1 saturated heterocycles. The van der Waals surface area contributed by atoms with Gasteiger partial charge in [0.1, 0.15) is 4.93 Å². The predicted molar refractivity (Wildman–Crippen MR) is 65.0 cm³/mol. The van der Waals surface area contributed by atoms with Gasteiger partial charge in [-0.15, -0.1) is 11.8 Å². The summed E-state index contributed by atoms with van der Waals surface area (Å²) in [6, 6.07) is 0. The zero-order valence-electron chi connectivity index (χ0n) is 10.3. The highest BCUT2D eigenvalue weighted by Gasteiger charge is 2.66. The Bertz CT molecular complexity index is 297. The fourth-order valence-corrected chi connectivity index (χ4v) is 5.68. The smallest absolute Gasteiger partial charge is 0.108 e. The van der Waals surface area contributed by atoms with Crippen LogP contribution in [0, 0.1) is 16.7 Å². The Morgan fingerprint density at radius 2 is 1.93 bits per heavy atom. The summed E-state index contributed by atoms with van der Waals surface area (Å²) < 4.78 is 6.32. The minimum absolute atomic E-state index is 0.0521. The van der Waals surface area contributed by atoms with Crippen molar-refractivity contribution in [3.63, 3.8) is 0 Å². The van der Waals surface area contributed by atoms with Gasteiger partial charge in [-0.2, -0.15) is 0 Å². The van der Waals surface area contributed by atoms with E-state index >= 15 is 0 Å².